The van der Waals surface area contributed by atoms with Crippen LogP contribution in [0.1, 0.15) is 74.9 Å². The quantitative estimate of drug-likeness (QED) is 0.638. The summed E-state index contributed by atoms with van der Waals surface area (Å²) in [4.78, 5) is 12.2. The molecule has 5 rings (SSSR count). The van der Waals surface area contributed by atoms with Crippen LogP contribution in [-0.4, -0.2) is 27.8 Å². The Morgan fingerprint density at radius 2 is 1.93 bits per heavy atom. The third-order valence-electron chi connectivity index (χ3n) is 8.99. The first-order valence-corrected chi connectivity index (χ1v) is 10.6. The van der Waals surface area contributed by atoms with Crippen molar-refractivity contribution in [3.63, 3.8) is 0 Å². The maximum Gasteiger partial charge on any atom is 0.252 e. The average molecular weight is 386 g/mol. The average Bonchev–Trinajstić information content (AvgIpc) is 3.20. The summed E-state index contributed by atoms with van der Waals surface area (Å²) in [5.74, 6) is 1.46. The van der Waals surface area contributed by atoms with Gasteiger partial charge in [-0.15, -0.1) is 0 Å². The molecule has 5 nitrogen and oxygen atoms in total. The van der Waals surface area contributed by atoms with Gasteiger partial charge >= 0.3 is 0 Å². The van der Waals surface area contributed by atoms with Crippen molar-refractivity contribution < 1.29 is 19.7 Å². The zero-order valence-corrected chi connectivity index (χ0v) is 17.3. The molecule has 1 amide bonds. The first-order valence-electron chi connectivity index (χ1n) is 10.6. The molecular formula is C23H31NO4. The molecule has 0 unspecified atom stereocenters. The van der Waals surface area contributed by atoms with Crippen LogP contribution in [0.4, 0.5) is 0 Å². The van der Waals surface area contributed by atoms with Gasteiger partial charge in [0.25, 0.3) is 5.91 Å². The highest BCUT2D eigenvalue weighted by Crippen LogP contribution is 2.66. The second kappa shape index (κ2) is 5.44. The third kappa shape index (κ3) is 1.99. The van der Waals surface area contributed by atoms with Crippen molar-refractivity contribution in [3.05, 3.63) is 22.8 Å². The van der Waals surface area contributed by atoms with Crippen LogP contribution in [0.2, 0.25) is 0 Å². The monoisotopic (exact) mass is 385 g/mol. The number of hydrogen-bond donors (Lipinski definition) is 3. The highest BCUT2D eigenvalue weighted by atomic mass is 16.5. The van der Waals surface area contributed by atoms with E-state index >= 15 is 0 Å². The minimum atomic E-state index is -0.404. The molecule has 3 N–H and O–H groups in total. The van der Waals surface area contributed by atoms with Crippen LogP contribution in [-0.2, 0) is 13.0 Å². The van der Waals surface area contributed by atoms with Gasteiger partial charge in [-0.3, -0.25) is 4.79 Å². The molecule has 1 spiro atoms. The number of phenols is 1. The summed E-state index contributed by atoms with van der Waals surface area (Å²) in [5, 5.41) is 24.5. The van der Waals surface area contributed by atoms with Crippen LogP contribution in [0, 0.1) is 22.7 Å². The van der Waals surface area contributed by atoms with Crippen LogP contribution < -0.4 is 10.1 Å². The van der Waals surface area contributed by atoms with Gasteiger partial charge in [0.1, 0.15) is 17.1 Å². The van der Waals surface area contributed by atoms with Gasteiger partial charge in [-0.1, -0.05) is 27.7 Å². The van der Waals surface area contributed by atoms with E-state index in [2.05, 4.69) is 33.0 Å². The van der Waals surface area contributed by atoms with Crippen molar-refractivity contribution >= 4 is 5.91 Å². The zero-order valence-electron chi connectivity index (χ0n) is 17.3. The van der Waals surface area contributed by atoms with Crippen molar-refractivity contribution in [3.8, 4) is 11.5 Å². The Morgan fingerprint density at radius 3 is 2.68 bits per heavy atom. The summed E-state index contributed by atoms with van der Waals surface area (Å²) >= 11 is 0. The number of phenolic OH excluding ortho intramolecular Hbond substituents is 1. The molecule has 28 heavy (non-hydrogen) atoms. The molecule has 0 saturated heterocycles. The van der Waals surface area contributed by atoms with Crippen molar-refractivity contribution in [2.24, 2.45) is 22.7 Å². The van der Waals surface area contributed by atoms with E-state index < -0.39 is 5.60 Å². The van der Waals surface area contributed by atoms with Crippen LogP contribution >= 0.6 is 0 Å². The minimum absolute atomic E-state index is 0.0917. The number of amides is 1. The third-order valence-corrected chi connectivity index (χ3v) is 8.99. The first kappa shape index (κ1) is 18.3. The molecule has 2 fully saturated rings. The second-order valence-electron chi connectivity index (χ2n) is 10.4. The Bertz CT molecular complexity index is 878. The molecule has 0 aromatic heterocycles. The number of carbonyl (C=O) groups excluding carboxylic acids is 1. The number of aromatic hydroxyl groups is 1. The number of aliphatic hydroxyl groups is 1. The van der Waals surface area contributed by atoms with E-state index in [1.165, 1.54) is 0 Å². The molecule has 2 saturated carbocycles. The molecule has 0 bridgehead atoms. The van der Waals surface area contributed by atoms with Gasteiger partial charge in [0, 0.05) is 29.5 Å². The maximum absolute atomic E-state index is 12.2. The number of hydrogen-bond acceptors (Lipinski definition) is 4. The molecular weight excluding hydrogens is 354 g/mol. The van der Waals surface area contributed by atoms with Gasteiger partial charge in [0.15, 0.2) is 0 Å². The number of nitrogens with one attached hydrogen (secondary N) is 1. The molecule has 152 valence electrons. The number of carbonyl (C=O) groups is 1. The molecule has 4 aliphatic rings. The SMILES string of the molecule is C[C@H]1CC[C@H]2C(C)(C)[C@@H](O)CC[C@]2(C)[C@]12Cc1c(cc3c(c1O)CNC3=O)O2. The van der Waals surface area contributed by atoms with Gasteiger partial charge in [-0.25, -0.2) is 0 Å². The largest absolute Gasteiger partial charge is 0.507 e. The van der Waals surface area contributed by atoms with Gasteiger partial charge in [0.05, 0.1) is 11.7 Å². The fourth-order valence-corrected chi connectivity index (χ4v) is 7.17. The van der Waals surface area contributed by atoms with Crippen molar-refractivity contribution in [1.82, 2.24) is 5.32 Å². The summed E-state index contributed by atoms with van der Waals surface area (Å²) in [5.41, 5.74) is 1.44. The summed E-state index contributed by atoms with van der Waals surface area (Å²) < 4.78 is 6.78. The van der Waals surface area contributed by atoms with Gasteiger partial charge in [-0.05, 0) is 49.0 Å². The molecule has 5 heteroatoms. The van der Waals surface area contributed by atoms with Crippen molar-refractivity contribution in [2.45, 2.75) is 78.0 Å². The topological polar surface area (TPSA) is 78.8 Å². The lowest BCUT2D eigenvalue weighted by Gasteiger charge is -2.64. The fraction of sp³-hybridized carbons (Fsp3) is 0.696. The van der Waals surface area contributed by atoms with Gasteiger partial charge in [-0.2, -0.15) is 0 Å². The Balaban J connectivity index is 1.63. The van der Waals surface area contributed by atoms with Crippen LogP contribution in [0.5, 0.6) is 11.5 Å². The van der Waals surface area contributed by atoms with Crippen LogP contribution in [0.3, 0.4) is 0 Å². The summed E-state index contributed by atoms with van der Waals surface area (Å²) in [7, 11) is 0. The molecule has 1 aromatic rings. The van der Waals surface area contributed by atoms with E-state index in [0.29, 0.717) is 41.7 Å². The fourth-order valence-electron chi connectivity index (χ4n) is 7.17. The molecule has 2 heterocycles. The first-order chi connectivity index (χ1) is 13.1. The number of rotatable bonds is 0. The van der Waals surface area contributed by atoms with Crippen molar-refractivity contribution in [1.29, 1.82) is 0 Å². The van der Waals surface area contributed by atoms with Crippen LogP contribution in [0.15, 0.2) is 6.07 Å². The smallest absolute Gasteiger partial charge is 0.252 e. The van der Waals surface area contributed by atoms with Gasteiger partial charge < -0.3 is 20.3 Å². The Kier molecular flexibility index (Phi) is 3.55. The normalized spacial score (nSPS) is 40.5. The van der Waals surface area contributed by atoms with E-state index in [-0.39, 0.29) is 28.6 Å². The summed E-state index contributed by atoms with van der Waals surface area (Å²) in [6.45, 7) is 9.38. The van der Waals surface area contributed by atoms with E-state index in [1.807, 2.05) is 6.07 Å². The molecule has 0 radical (unpaired) electrons. The van der Waals surface area contributed by atoms with Crippen LogP contribution in [0.25, 0.3) is 0 Å². The van der Waals surface area contributed by atoms with Gasteiger partial charge in [0.2, 0.25) is 0 Å². The Labute approximate surface area is 166 Å². The highest BCUT2D eigenvalue weighted by Gasteiger charge is 2.67. The number of fused-ring (bicyclic) bond motifs is 4. The second-order valence-corrected chi connectivity index (χ2v) is 10.4. The zero-order chi connectivity index (χ0) is 20.1. The minimum Gasteiger partial charge on any atom is -0.507 e. The number of benzene rings is 1. The Hall–Kier alpha value is -1.75. The van der Waals surface area contributed by atoms with E-state index in [1.54, 1.807) is 0 Å². The predicted octanol–water partition coefficient (Wildman–Crippen LogP) is 3.54. The van der Waals surface area contributed by atoms with E-state index in [0.717, 1.165) is 31.2 Å². The standard InChI is InChI=1S/C23H31NO4/c1-12-5-6-17-21(2,3)18(25)7-8-22(17,4)23(12)10-14-16(28-23)9-13-15(19(14)26)11-24-20(13)27/h9,12,17-18,25-26H,5-8,10-11H2,1-4H3,(H,24,27)/t12-,17-,18-,22-,23-/m0/s1. The molecule has 2 aliphatic carbocycles. The van der Waals surface area contributed by atoms with E-state index in [4.69, 9.17) is 4.74 Å². The lowest BCUT2D eigenvalue weighted by molar-refractivity contribution is -0.210. The molecule has 2 aliphatic heterocycles. The summed E-state index contributed by atoms with van der Waals surface area (Å²) in [6.07, 6.45) is 4.22. The van der Waals surface area contributed by atoms with Crippen molar-refractivity contribution in [2.75, 3.05) is 0 Å². The lowest BCUT2D eigenvalue weighted by atomic mass is 9.43. The Morgan fingerprint density at radius 1 is 1.18 bits per heavy atom. The molecule has 1 aromatic carbocycles. The molecule has 5 atom stereocenters. The number of aliphatic hydroxyl groups excluding tert-OH is 1. The highest BCUT2D eigenvalue weighted by molar-refractivity contribution is 6.00. The maximum atomic E-state index is 12.2. The summed E-state index contributed by atoms with van der Waals surface area (Å²) in [6, 6.07) is 1.84. The lowest BCUT2D eigenvalue weighted by Crippen LogP contribution is -2.66. The predicted molar refractivity (Wildman–Crippen MR) is 105 cm³/mol. The number of ether oxygens (including phenoxy) is 1. The van der Waals surface area contributed by atoms with E-state index in [9.17, 15) is 15.0 Å².